The Labute approximate surface area is 254 Å². The van der Waals surface area contributed by atoms with E-state index in [2.05, 4.69) is 76.8 Å². The van der Waals surface area contributed by atoms with Crippen LogP contribution in [0.3, 0.4) is 0 Å². The first kappa shape index (κ1) is 35.6. The minimum atomic E-state index is -2.25. The Morgan fingerprint density at radius 2 is 0.795 bits per heavy atom. The van der Waals surface area contributed by atoms with Crippen molar-refractivity contribution in [2.24, 2.45) is 0 Å². The average Bonchev–Trinajstić information content (AvgIpc) is 3.36. The molecule has 0 aromatic heterocycles. The van der Waals surface area contributed by atoms with Crippen molar-refractivity contribution in [3.05, 3.63) is 41.5 Å². The average molecular weight is 751 g/mol. The third kappa shape index (κ3) is 12.2. The summed E-state index contributed by atoms with van der Waals surface area (Å²) in [5.74, 6) is 0. The molecular formula is C36H67NSn2. The Morgan fingerprint density at radius 3 is 1.08 bits per heavy atom. The molecule has 1 aromatic rings. The van der Waals surface area contributed by atoms with Gasteiger partial charge in [-0.25, -0.2) is 0 Å². The SMILES string of the molecule is CCC[CH2][Sn]([CH2]CCC)([CH2]CCC)[CH2]C1=C([CH2][Sn]([CH2]CCC)([CH2]CCC)[CH2]CCC)CN(c2ccccc2)C1. The Hall–Kier alpha value is 0.357. The van der Waals surface area contributed by atoms with E-state index in [4.69, 9.17) is 0 Å². The number of hydrogen-bond acceptors (Lipinski definition) is 1. The minimum absolute atomic E-state index is 1.25. The van der Waals surface area contributed by atoms with E-state index >= 15 is 0 Å². The number of anilines is 1. The number of nitrogens with zero attached hydrogens (tertiary/aromatic N) is 1. The predicted molar refractivity (Wildman–Crippen MR) is 185 cm³/mol. The van der Waals surface area contributed by atoms with E-state index in [9.17, 15) is 0 Å². The van der Waals surface area contributed by atoms with Crippen LogP contribution in [0.15, 0.2) is 41.5 Å². The van der Waals surface area contributed by atoms with E-state index in [1.54, 1.807) is 35.5 Å². The van der Waals surface area contributed by atoms with Crippen LogP contribution >= 0.6 is 0 Å². The molecule has 1 aliphatic heterocycles. The Morgan fingerprint density at radius 1 is 0.487 bits per heavy atom. The van der Waals surface area contributed by atoms with E-state index in [0.717, 1.165) is 0 Å². The summed E-state index contributed by atoms with van der Waals surface area (Å²) in [5.41, 5.74) is 5.45. The van der Waals surface area contributed by atoms with Gasteiger partial charge >= 0.3 is 256 Å². The molecule has 0 fully saturated rings. The Bertz CT molecular complexity index is 697. The standard InChI is InChI=1S/C12H13N.6C4H9.2Sn/c1-10-8-13(9-11(10)2)12-6-4-3-5-7-12;6*1-3-4-2;;/h3-7H,1-2,8-9H2;6*1,3-4H2,2H3;;. The summed E-state index contributed by atoms with van der Waals surface area (Å²) in [4.78, 5) is 2.79. The molecule has 0 radical (unpaired) electrons. The van der Waals surface area contributed by atoms with E-state index < -0.39 is 36.8 Å². The number of para-hydroxylation sites is 1. The summed E-state index contributed by atoms with van der Waals surface area (Å²) in [5, 5.41) is 0. The number of unbranched alkanes of at least 4 members (excludes halogenated alkanes) is 6. The van der Waals surface area contributed by atoms with Gasteiger partial charge in [0, 0.05) is 0 Å². The van der Waals surface area contributed by atoms with Gasteiger partial charge in [-0.1, -0.05) is 0 Å². The van der Waals surface area contributed by atoms with Gasteiger partial charge < -0.3 is 0 Å². The molecule has 1 aliphatic rings. The van der Waals surface area contributed by atoms with Crippen molar-refractivity contribution in [3.63, 3.8) is 0 Å². The fourth-order valence-corrected chi connectivity index (χ4v) is 40.9. The van der Waals surface area contributed by atoms with Gasteiger partial charge in [-0.05, 0) is 0 Å². The van der Waals surface area contributed by atoms with Crippen LogP contribution in [0.1, 0.15) is 119 Å². The third-order valence-electron chi connectivity index (χ3n) is 9.93. The molecule has 0 aliphatic carbocycles. The topological polar surface area (TPSA) is 3.24 Å². The monoisotopic (exact) mass is 753 g/mol. The van der Waals surface area contributed by atoms with Crippen LogP contribution in [0.25, 0.3) is 0 Å². The molecule has 1 aromatic carbocycles. The van der Waals surface area contributed by atoms with Crippen LogP contribution in [-0.4, -0.2) is 49.8 Å². The van der Waals surface area contributed by atoms with Crippen molar-refractivity contribution >= 4 is 42.4 Å². The molecule has 0 amide bonds. The summed E-state index contributed by atoms with van der Waals surface area (Å²) in [6.07, 6.45) is 17.4. The first-order chi connectivity index (χ1) is 19.0. The zero-order valence-electron chi connectivity index (χ0n) is 27.4. The van der Waals surface area contributed by atoms with Crippen LogP contribution in [-0.2, 0) is 0 Å². The molecular weight excluding hydrogens is 684 g/mol. The quantitative estimate of drug-likeness (QED) is 0.0795. The van der Waals surface area contributed by atoms with Crippen LogP contribution in [0.4, 0.5) is 5.69 Å². The fraction of sp³-hybridized carbons (Fsp3) is 0.778. The first-order valence-corrected chi connectivity index (χ1v) is 33.6. The molecule has 0 spiro atoms. The van der Waals surface area contributed by atoms with Gasteiger partial charge in [0.15, 0.2) is 0 Å². The number of benzene rings is 1. The van der Waals surface area contributed by atoms with Crippen LogP contribution in [0, 0.1) is 0 Å². The second kappa shape index (κ2) is 20.3. The van der Waals surface area contributed by atoms with E-state index in [1.807, 2.05) is 11.1 Å². The molecule has 0 saturated carbocycles. The molecule has 0 atom stereocenters. The molecule has 0 unspecified atom stereocenters. The van der Waals surface area contributed by atoms with Crippen LogP contribution < -0.4 is 4.90 Å². The van der Waals surface area contributed by atoms with E-state index in [1.165, 1.54) is 95.8 Å². The molecule has 1 nitrogen and oxygen atoms in total. The second-order valence-electron chi connectivity index (χ2n) is 13.4. The van der Waals surface area contributed by atoms with Gasteiger partial charge in [0.1, 0.15) is 0 Å². The molecule has 0 bridgehead atoms. The van der Waals surface area contributed by atoms with Gasteiger partial charge in [-0.2, -0.15) is 0 Å². The van der Waals surface area contributed by atoms with Crippen LogP contribution in [0.5, 0.6) is 0 Å². The first-order valence-electron chi connectivity index (χ1n) is 17.5. The van der Waals surface area contributed by atoms with Crippen molar-refractivity contribution in [2.45, 2.75) is 154 Å². The summed E-state index contributed by atoms with van der Waals surface area (Å²) < 4.78 is 13.1. The number of hydrogen-bond donors (Lipinski definition) is 0. The Kier molecular flexibility index (Phi) is 18.5. The summed E-state index contributed by atoms with van der Waals surface area (Å²) in [7, 11) is 0. The molecule has 0 saturated heterocycles. The zero-order valence-corrected chi connectivity index (χ0v) is 33.1. The zero-order chi connectivity index (χ0) is 28.4. The van der Waals surface area contributed by atoms with E-state index in [0.29, 0.717) is 0 Å². The molecule has 39 heavy (non-hydrogen) atoms. The molecule has 1 heterocycles. The molecule has 0 N–H and O–H groups in total. The van der Waals surface area contributed by atoms with Gasteiger partial charge in [0.2, 0.25) is 0 Å². The van der Waals surface area contributed by atoms with Crippen molar-refractivity contribution in [3.8, 4) is 0 Å². The summed E-state index contributed by atoms with van der Waals surface area (Å²) in [6.45, 7) is 17.1. The molecule has 3 heteroatoms. The van der Waals surface area contributed by atoms with Crippen molar-refractivity contribution in [2.75, 3.05) is 18.0 Å². The molecule has 2 rings (SSSR count). The van der Waals surface area contributed by atoms with Gasteiger partial charge in [0.05, 0.1) is 0 Å². The normalized spacial score (nSPS) is 14.6. The van der Waals surface area contributed by atoms with Crippen molar-refractivity contribution < 1.29 is 0 Å². The third-order valence-corrected chi connectivity index (χ3v) is 40.9. The number of rotatable bonds is 23. The molecule has 224 valence electrons. The Balaban J connectivity index is 2.50. The maximum absolute atomic E-state index is 2.79. The fourth-order valence-electron chi connectivity index (χ4n) is 7.42. The van der Waals surface area contributed by atoms with Gasteiger partial charge in [-0.3, -0.25) is 0 Å². The van der Waals surface area contributed by atoms with E-state index in [-0.39, 0.29) is 0 Å². The maximum atomic E-state index is 2.79. The summed E-state index contributed by atoms with van der Waals surface area (Å²) in [6, 6.07) is 11.5. The second-order valence-corrected chi connectivity index (χ2v) is 41.1. The van der Waals surface area contributed by atoms with Gasteiger partial charge in [-0.15, -0.1) is 0 Å². The summed E-state index contributed by atoms with van der Waals surface area (Å²) >= 11 is -4.50. The predicted octanol–water partition coefficient (Wildman–Crippen LogP) is 12.5. The van der Waals surface area contributed by atoms with Crippen molar-refractivity contribution in [1.82, 2.24) is 0 Å². The van der Waals surface area contributed by atoms with Gasteiger partial charge in [0.25, 0.3) is 0 Å². The van der Waals surface area contributed by atoms with Crippen LogP contribution in [0.2, 0.25) is 35.5 Å². The van der Waals surface area contributed by atoms with Crippen molar-refractivity contribution in [1.29, 1.82) is 0 Å².